The summed E-state index contributed by atoms with van der Waals surface area (Å²) in [7, 11) is 2.08. The quantitative estimate of drug-likeness (QED) is 0.851. The van der Waals surface area contributed by atoms with Gasteiger partial charge in [0.1, 0.15) is 22.5 Å². The number of thiazole rings is 1. The third-order valence-electron chi connectivity index (χ3n) is 3.15. The third kappa shape index (κ3) is 2.30. The highest BCUT2D eigenvalue weighted by molar-refractivity contribution is 8.03. The van der Waals surface area contributed by atoms with Crippen LogP contribution in [0.25, 0.3) is 17.1 Å². The minimum absolute atomic E-state index is 0.415. The lowest BCUT2D eigenvalue weighted by Gasteiger charge is -2.19. The van der Waals surface area contributed by atoms with Crippen LogP contribution in [-0.2, 0) is 0 Å². The van der Waals surface area contributed by atoms with Crippen molar-refractivity contribution in [2.45, 2.75) is 12.3 Å². The fourth-order valence-corrected chi connectivity index (χ4v) is 3.73. The van der Waals surface area contributed by atoms with Crippen LogP contribution in [0.3, 0.4) is 0 Å². The standard InChI is InChI=1S/C14H12N4S2/c1-9-18(2)13(8-19-9)14-17-12(7-20-14)11-5-3-4-10(6-15)16-11/h3-5,7-9H,1-2H3. The number of nitriles is 1. The zero-order valence-electron chi connectivity index (χ0n) is 11.1. The van der Waals surface area contributed by atoms with Crippen molar-refractivity contribution in [3.05, 3.63) is 39.7 Å². The second-order valence-corrected chi connectivity index (χ2v) is 6.46. The lowest BCUT2D eigenvalue weighted by molar-refractivity contribution is 0.482. The van der Waals surface area contributed by atoms with E-state index in [1.807, 2.05) is 17.5 Å². The van der Waals surface area contributed by atoms with Gasteiger partial charge in [-0.3, -0.25) is 0 Å². The van der Waals surface area contributed by atoms with Gasteiger partial charge in [0.25, 0.3) is 0 Å². The predicted molar refractivity (Wildman–Crippen MR) is 82.9 cm³/mol. The SMILES string of the molecule is CC1SC=C(c2nc(-c3cccc(C#N)n3)cs2)N1C. The molecule has 2 aromatic rings. The van der Waals surface area contributed by atoms with Crippen LogP contribution in [0.1, 0.15) is 17.6 Å². The number of rotatable bonds is 2. The van der Waals surface area contributed by atoms with E-state index in [-0.39, 0.29) is 0 Å². The fraction of sp³-hybridized carbons (Fsp3) is 0.214. The Bertz CT molecular complexity index is 714. The molecule has 20 heavy (non-hydrogen) atoms. The van der Waals surface area contributed by atoms with E-state index in [9.17, 15) is 0 Å². The van der Waals surface area contributed by atoms with Crippen molar-refractivity contribution in [3.8, 4) is 17.5 Å². The maximum absolute atomic E-state index is 8.90. The Hall–Kier alpha value is -1.84. The fourth-order valence-electron chi connectivity index (χ4n) is 1.88. The van der Waals surface area contributed by atoms with E-state index in [0.717, 1.165) is 22.1 Å². The third-order valence-corrected chi connectivity index (χ3v) is 5.09. The first-order valence-corrected chi connectivity index (χ1v) is 7.93. The minimum atomic E-state index is 0.415. The van der Waals surface area contributed by atoms with Gasteiger partial charge in [0.15, 0.2) is 0 Å². The summed E-state index contributed by atoms with van der Waals surface area (Å²) >= 11 is 3.39. The molecular formula is C14H12N4S2. The lowest BCUT2D eigenvalue weighted by Crippen LogP contribution is -2.19. The van der Waals surface area contributed by atoms with Crippen LogP contribution in [0.2, 0.25) is 0 Å². The van der Waals surface area contributed by atoms with Gasteiger partial charge in [0.2, 0.25) is 0 Å². The van der Waals surface area contributed by atoms with Gasteiger partial charge < -0.3 is 4.90 Å². The van der Waals surface area contributed by atoms with Gasteiger partial charge in [-0.2, -0.15) is 5.26 Å². The van der Waals surface area contributed by atoms with Crippen LogP contribution in [0.15, 0.2) is 29.0 Å². The van der Waals surface area contributed by atoms with Crippen molar-refractivity contribution in [1.29, 1.82) is 5.26 Å². The summed E-state index contributed by atoms with van der Waals surface area (Å²) in [6.45, 7) is 2.17. The molecule has 100 valence electrons. The smallest absolute Gasteiger partial charge is 0.141 e. The Labute approximate surface area is 125 Å². The van der Waals surface area contributed by atoms with E-state index in [0.29, 0.717) is 11.1 Å². The van der Waals surface area contributed by atoms with Gasteiger partial charge >= 0.3 is 0 Å². The molecular weight excluding hydrogens is 288 g/mol. The number of hydrogen-bond acceptors (Lipinski definition) is 6. The number of nitrogens with zero attached hydrogens (tertiary/aromatic N) is 4. The molecule has 1 unspecified atom stereocenters. The van der Waals surface area contributed by atoms with Crippen molar-refractivity contribution in [3.63, 3.8) is 0 Å². The average molecular weight is 300 g/mol. The molecule has 1 atom stereocenters. The second kappa shape index (κ2) is 5.27. The molecule has 3 rings (SSSR count). The van der Waals surface area contributed by atoms with Crippen molar-refractivity contribution in [2.75, 3.05) is 7.05 Å². The molecule has 1 aliphatic rings. The summed E-state index contributed by atoms with van der Waals surface area (Å²) in [5.41, 5.74) is 3.13. The predicted octanol–water partition coefficient (Wildman–Crippen LogP) is 3.40. The Morgan fingerprint density at radius 3 is 2.85 bits per heavy atom. The highest BCUT2D eigenvalue weighted by atomic mass is 32.2. The summed E-state index contributed by atoms with van der Waals surface area (Å²) in [5, 5.41) is 14.5. The highest BCUT2D eigenvalue weighted by Crippen LogP contribution is 2.36. The first-order chi connectivity index (χ1) is 9.69. The molecule has 0 aliphatic carbocycles. The van der Waals surface area contributed by atoms with E-state index in [1.54, 1.807) is 29.2 Å². The van der Waals surface area contributed by atoms with Crippen molar-refractivity contribution >= 4 is 28.8 Å². The largest absolute Gasteiger partial charge is 0.360 e. The molecule has 6 heteroatoms. The monoisotopic (exact) mass is 300 g/mol. The molecule has 4 nitrogen and oxygen atoms in total. The number of hydrogen-bond donors (Lipinski definition) is 0. The molecule has 0 saturated heterocycles. The Kier molecular flexibility index (Phi) is 3.47. The van der Waals surface area contributed by atoms with E-state index in [4.69, 9.17) is 5.26 Å². The van der Waals surface area contributed by atoms with Gasteiger partial charge in [-0.15, -0.1) is 23.1 Å². The van der Waals surface area contributed by atoms with Crippen molar-refractivity contribution in [1.82, 2.24) is 14.9 Å². The molecule has 0 radical (unpaired) electrons. The first-order valence-electron chi connectivity index (χ1n) is 6.11. The topological polar surface area (TPSA) is 52.8 Å². The van der Waals surface area contributed by atoms with E-state index >= 15 is 0 Å². The molecule has 1 aliphatic heterocycles. The maximum atomic E-state index is 8.90. The molecule has 0 N–H and O–H groups in total. The normalized spacial score (nSPS) is 17.9. The van der Waals surface area contributed by atoms with Gasteiger partial charge in [-0.1, -0.05) is 6.07 Å². The number of pyridine rings is 1. The highest BCUT2D eigenvalue weighted by Gasteiger charge is 2.22. The number of aromatic nitrogens is 2. The van der Waals surface area contributed by atoms with E-state index < -0.39 is 0 Å². The Morgan fingerprint density at radius 1 is 1.30 bits per heavy atom. The molecule has 0 bridgehead atoms. The molecule has 3 heterocycles. The molecule has 0 spiro atoms. The van der Waals surface area contributed by atoms with Crippen LogP contribution in [0.5, 0.6) is 0 Å². The lowest BCUT2D eigenvalue weighted by atomic mass is 10.2. The summed E-state index contributed by atoms with van der Waals surface area (Å²) in [6, 6.07) is 7.46. The van der Waals surface area contributed by atoms with Crippen LogP contribution >= 0.6 is 23.1 Å². The van der Waals surface area contributed by atoms with Crippen molar-refractivity contribution < 1.29 is 0 Å². The Morgan fingerprint density at radius 2 is 2.15 bits per heavy atom. The summed E-state index contributed by atoms with van der Waals surface area (Å²) in [5.74, 6) is 0. The first kappa shape index (κ1) is 13.2. The minimum Gasteiger partial charge on any atom is -0.360 e. The molecule has 0 saturated carbocycles. The van der Waals surface area contributed by atoms with Gasteiger partial charge in [-0.05, 0) is 24.5 Å². The molecule has 0 amide bonds. The summed E-state index contributed by atoms with van der Waals surface area (Å²) in [6.07, 6.45) is 0. The zero-order valence-corrected chi connectivity index (χ0v) is 12.7. The molecule has 0 fully saturated rings. The van der Waals surface area contributed by atoms with Gasteiger partial charge in [-0.25, -0.2) is 9.97 Å². The Balaban J connectivity index is 1.93. The van der Waals surface area contributed by atoms with Crippen LogP contribution < -0.4 is 0 Å². The summed E-state index contributed by atoms with van der Waals surface area (Å²) < 4.78 is 0. The van der Waals surface area contributed by atoms with E-state index in [2.05, 4.69) is 40.3 Å². The van der Waals surface area contributed by atoms with Crippen LogP contribution in [0.4, 0.5) is 0 Å². The second-order valence-electron chi connectivity index (χ2n) is 4.41. The van der Waals surface area contributed by atoms with Gasteiger partial charge in [0.05, 0.1) is 16.8 Å². The van der Waals surface area contributed by atoms with Crippen molar-refractivity contribution in [2.24, 2.45) is 0 Å². The zero-order chi connectivity index (χ0) is 14.1. The maximum Gasteiger partial charge on any atom is 0.141 e. The molecule has 0 aromatic carbocycles. The average Bonchev–Trinajstić information content (AvgIpc) is 3.07. The van der Waals surface area contributed by atoms with Gasteiger partial charge in [0, 0.05) is 12.4 Å². The van der Waals surface area contributed by atoms with Crippen LogP contribution in [-0.4, -0.2) is 27.3 Å². The van der Waals surface area contributed by atoms with Crippen LogP contribution in [0, 0.1) is 11.3 Å². The van der Waals surface area contributed by atoms with E-state index in [1.165, 1.54) is 0 Å². The molecule has 2 aromatic heterocycles. The number of thioether (sulfide) groups is 1. The summed E-state index contributed by atoms with van der Waals surface area (Å²) in [4.78, 5) is 11.1.